The van der Waals surface area contributed by atoms with Crippen LogP contribution >= 0.6 is 11.8 Å². The van der Waals surface area contributed by atoms with Gasteiger partial charge in [0, 0.05) is 5.92 Å². The van der Waals surface area contributed by atoms with Gasteiger partial charge in [-0.2, -0.15) is 11.8 Å². The summed E-state index contributed by atoms with van der Waals surface area (Å²) >= 11 is 1.77. The number of nitrogens with one attached hydrogen (secondary N) is 1. The van der Waals surface area contributed by atoms with E-state index < -0.39 is 11.5 Å². The van der Waals surface area contributed by atoms with E-state index in [0.717, 1.165) is 24.3 Å². The van der Waals surface area contributed by atoms with Gasteiger partial charge in [-0.05, 0) is 43.1 Å². The number of carboxylic acids is 1. The van der Waals surface area contributed by atoms with Crippen molar-refractivity contribution in [3.05, 3.63) is 0 Å². The summed E-state index contributed by atoms with van der Waals surface area (Å²) in [6, 6.07) is 0. The number of thioether (sulfide) groups is 1. The summed E-state index contributed by atoms with van der Waals surface area (Å²) in [6.07, 6.45) is 7.81. The smallest absolute Gasteiger partial charge is 0.329 e. The molecule has 0 spiro atoms. The molecule has 1 amide bonds. The molecule has 2 rings (SSSR count). The Kier molecular flexibility index (Phi) is 5.97. The van der Waals surface area contributed by atoms with Crippen molar-refractivity contribution in [2.45, 2.75) is 63.8 Å². The van der Waals surface area contributed by atoms with Crippen molar-refractivity contribution in [2.75, 3.05) is 11.5 Å². The Morgan fingerprint density at radius 3 is 2.43 bits per heavy atom. The Bertz CT molecular complexity index is 374. The lowest BCUT2D eigenvalue weighted by Gasteiger charge is -2.35. The maximum Gasteiger partial charge on any atom is 0.329 e. The highest BCUT2D eigenvalue weighted by Gasteiger charge is 2.42. The van der Waals surface area contributed by atoms with E-state index in [1.165, 1.54) is 25.7 Å². The predicted molar refractivity (Wildman–Crippen MR) is 85.4 cm³/mol. The van der Waals surface area contributed by atoms with Crippen LogP contribution in [0.25, 0.3) is 0 Å². The van der Waals surface area contributed by atoms with E-state index in [1.54, 1.807) is 11.8 Å². The zero-order valence-electron chi connectivity index (χ0n) is 12.9. The number of carbonyl (C=O) groups excluding carboxylic acids is 1. The summed E-state index contributed by atoms with van der Waals surface area (Å²) < 4.78 is 0. The SMILES string of the molecule is CCC(CC1CCCC1)C(=O)NC1(C(=O)O)CCSCC1. The molecule has 0 radical (unpaired) electrons. The van der Waals surface area contributed by atoms with Gasteiger partial charge in [0.05, 0.1) is 0 Å². The molecule has 4 nitrogen and oxygen atoms in total. The molecular formula is C16H27NO3S. The second-order valence-electron chi connectivity index (χ2n) is 6.48. The molecule has 0 aromatic heterocycles. The topological polar surface area (TPSA) is 66.4 Å². The van der Waals surface area contributed by atoms with Crippen LogP contribution in [0, 0.1) is 11.8 Å². The molecule has 0 bridgehead atoms. The normalized spacial score (nSPS) is 23.7. The average Bonchev–Trinajstić information content (AvgIpc) is 2.98. The van der Waals surface area contributed by atoms with Crippen molar-refractivity contribution in [1.82, 2.24) is 5.32 Å². The van der Waals surface area contributed by atoms with Gasteiger partial charge in [0.15, 0.2) is 0 Å². The largest absolute Gasteiger partial charge is 0.480 e. The highest BCUT2D eigenvalue weighted by Crippen LogP contribution is 2.32. The molecule has 0 aromatic rings. The maximum atomic E-state index is 12.6. The van der Waals surface area contributed by atoms with Gasteiger partial charge in [0.1, 0.15) is 5.54 Å². The Balaban J connectivity index is 1.97. The van der Waals surface area contributed by atoms with Crippen molar-refractivity contribution >= 4 is 23.6 Å². The average molecular weight is 313 g/mol. The highest BCUT2D eigenvalue weighted by molar-refractivity contribution is 7.99. The van der Waals surface area contributed by atoms with E-state index in [0.29, 0.717) is 18.8 Å². The number of aliphatic carboxylic acids is 1. The molecule has 2 aliphatic rings. The first-order valence-corrected chi connectivity index (χ1v) is 9.36. The third kappa shape index (κ3) is 4.15. The second kappa shape index (κ2) is 7.52. The molecule has 2 N–H and O–H groups in total. The summed E-state index contributed by atoms with van der Waals surface area (Å²) in [5.74, 6) is 1.34. The molecular weight excluding hydrogens is 286 g/mol. The van der Waals surface area contributed by atoms with Gasteiger partial charge in [-0.15, -0.1) is 0 Å². The number of carbonyl (C=O) groups is 2. The Morgan fingerprint density at radius 1 is 1.29 bits per heavy atom. The van der Waals surface area contributed by atoms with Crippen LogP contribution in [0.5, 0.6) is 0 Å². The van der Waals surface area contributed by atoms with Crippen LogP contribution in [0.2, 0.25) is 0 Å². The van der Waals surface area contributed by atoms with E-state index in [9.17, 15) is 14.7 Å². The fourth-order valence-corrected chi connectivity index (χ4v) is 4.75. The first-order valence-electron chi connectivity index (χ1n) is 8.20. The first kappa shape index (κ1) is 16.7. The van der Waals surface area contributed by atoms with Crippen LogP contribution in [-0.4, -0.2) is 34.0 Å². The highest BCUT2D eigenvalue weighted by atomic mass is 32.2. The summed E-state index contributed by atoms with van der Waals surface area (Å²) in [7, 11) is 0. The monoisotopic (exact) mass is 313 g/mol. The lowest BCUT2D eigenvalue weighted by atomic mass is 9.87. The minimum absolute atomic E-state index is 0.0288. The molecule has 1 heterocycles. The van der Waals surface area contributed by atoms with Crippen molar-refractivity contribution in [1.29, 1.82) is 0 Å². The molecule has 2 fully saturated rings. The lowest BCUT2D eigenvalue weighted by Crippen LogP contribution is -2.57. The van der Waals surface area contributed by atoms with E-state index >= 15 is 0 Å². The number of hydrogen-bond acceptors (Lipinski definition) is 3. The number of rotatable bonds is 6. The summed E-state index contributed by atoms with van der Waals surface area (Å²) in [5, 5.41) is 12.5. The lowest BCUT2D eigenvalue weighted by molar-refractivity contribution is -0.149. The molecule has 1 aliphatic heterocycles. The molecule has 5 heteroatoms. The van der Waals surface area contributed by atoms with Gasteiger partial charge in [-0.25, -0.2) is 4.79 Å². The number of hydrogen-bond donors (Lipinski definition) is 2. The minimum Gasteiger partial charge on any atom is -0.480 e. The molecule has 0 aromatic carbocycles. The van der Waals surface area contributed by atoms with Gasteiger partial charge in [0.2, 0.25) is 5.91 Å². The van der Waals surface area contributed by atoms with E-state index in [4.69, 9.17) is 0 Å². The third-order valence-electron chi connectivity index (χ3n) is 5.07. The van der Waals surface area contributed by atoms with E-state index in [1.807, 2.05) is 6.92 Å². The fraction of sp³-hybridized carbons (Fsp3) is 0.875. The maximum absolute atomic E-state index is 12.6. The first-order chi connectivity index (χ1) is 10.1. The quantitative estimate of drug-likeness (QED) is 0.791. The summed E-state index contributed by atoms with van der Waals surface area (Å²) in [4.78, 5) is 24.2. The van der Waals surface area contributed by atoms with Crippen LogP contribution in [0.15, 0.2) is 0 Å². The second-order valence-corrected chi connectivity index (χ2v) is 7.70. The zero-order chi connectivity index (χ0) is 15.3. The van der Waals surface area contributed by atoms with Crippen LogP contribution in [0.4, 0.5) is 0 Å². The van der Waals surface area contributed by atoms with Gasteiger partial charge in [-0.3, -0.25) is 4.79 Å². The Hall–Kier alpha value is -0.710. The van der Waals surface area contributed by atoms with Crippen LogP contribution in [0.3, 0.4) is 0 Å². The molecule has 1 aliphatic carbocycles. The van der Waals surface area contributed by atoms with Crippen LogP contribution < -0.4 is 5.32 Å². The molecule has 1 saturated carbocycles. The number of amides is 1. The number of carboxylic acid groups (broad SMARTS) is 1. The molecule has 1 unspecified atom stereocenters. The summed E-state index contributed by atoms with van der Waals surface area (Å²) in [5.41, 5.74) is -1.02. The van der Waals surface area contributed by atoms with Gasteiger partial charge >= 0.3 is 5.97 Å². The van der Waals surface area contributed by atoms with Crippen LogP contribution in [-0.2, 0) is 9.59 Å². The minimum atomic E-state index is -1.02. The van der Waals surface area contributed by atoms with Crippen molar-refractivity contribution in [3.8, 4) is 0 Å². The van der Waals surface area contributed by atoms with Gasteiger partial charge in [0.25, 0.3) is 0 Å². The van der Waals surface area contributed by atoms with E-state index in [-0.39, 0.29) is 11.8 Å². The van der Waals surface area contributed by atoms with Crippen molar-refractivity contribution in [2.24, 2.45) is 11.8 Å². The zero-order valence-corrected chi connectivity index (χ0v) is 13.7. The molecule has 120 valence electrons. The third-order valence-corrected chi connectivity index (χ3v) is 6.06. The predicted octanol–water partition coefficient (Wildman–Crippen LogP) is 3.06. The molecule has 1 atom stereocenters. The van der Waals surface area contributed by atoms with Crippen molar-refractivity contribution < 1.29 is 14.7 Å². The Labute approximate surface area is 131 Å². The van der Waals surface area contributed by atoms with Gasteiger partial charge < -0.3 is 10.4 Å². The van der Waals surface area contributed by atoms with Crippen LogP contribution in [0.1, 0.15) is 58.3 Å². The standard InChI is InChI=1S/C16H27NO3S/c1-2-13(11-12-5-3-4-6-12)14(18)17-16(15(19)20)7-9-21-10-8-16/h12-13H,2-11H2,1H3,(H,17,18)(H,19,20). The van der Waals surface area contributed by atoms with Gasteiger partial charge in [-0.1, -0.05) is 32.6 Å². The molecule has 21 heavy (non-hydrogen) atoms. The Morgan fingerprint density at radius 2 is 1.90 bits per heavy atom. The van der Waals surface area contributed by atoms with E-state index in [2.05, 4.69) is 5.32 Å². The summed E-state index contributed by atoms with van der Waals surface area (Å²) in [6.45, 7) is 2.03. The molecule has 1 saturated heterocycles. The fourth-order valence-electron chi connectivity index (χ4n) is 3.56. The van der Waals surface area contributed by atoms with Crippen molar-refractivity contribution in [3.63, 3.8) is 0 Å².